The number of rotatable bonds is 7. The van der Waals surface area contributed by atoms with Crippen molar-refractivity contribution in [3.05, 3.63) is 88.9 Å². The molecule has 1 heterocycles. The van der Waals surface area contributed by atoms with Gasteiger partial charge in [-0.05, 0) is 65.7 Å². The number of aromatic nitrogens is 1. The molecule has 0 saturated carbocycles. The van der Waals surface area contributed by atoms with E-state index in [4.69, 9.17) is 4.74 Å². The van der Waals surface area contributed by atoms with Gasteiger partial charge < -0.3 is 15.2 Å². The summed E-state index contributed by atoms with van der Waals surface area (Å²) in [4.78, 5) is 28.6. The average Bonchev–Trinajstić information content (AvgIpc) is 3.23. The SMILES string of the molecule is COc1ccc(C(=O)Nc2cccc(C=C(CC(=O)O)c3nc4ccccc4s3)c2)cc1. The van der Waals surface area contributed by atoms with E-state index in [9.17, 15) is 14.7 Å². The third-order valence-electron chi connectivity index (χ3n) is 4.75. The Labute approximate surface area is 188 Å². The number of para-hydroxylation sites is 1. The second-order valence-corrected chi connectivity index (χ2v) is 8.07. The zero-order valence-corrected chi connectivity index (χ0v) is 18.1. The highest BCUT2D eigenvalue weighted by Gasteiger charge is 2.13. The van der Waals surface area contributed by atoms with Crippen LogP contribution in [0.2, 0.25) is 0 Å². The van der Waals surface area contributed by atoms with Crippen LogP contribution in [0.25, 0.3) is 21.9 Å². The summed E-state index contributed by atoms with van der Waals surface area (Å²) >= 11 is 1.46. The molecule has 4 aromatic rings. The Morgan fingerprint density at radius 3 is 2.56 bits per heavy atom. The summed E-state index contributed by atoms with van der Waals surface area (Å²) in [5.74, 6) is -0.500. The molecular weight excluding hydrogens is 424 g/mol. The van der Waals surface area contributed by atoms with Gasteiger partial charge in [0.15, 0.2) is 0 Å². The van der Waals surface area contributed by atoms with Gasteiger partial charge in [-0.1, -0.05) is 24.3 Å². The molecule has 1 amide bonds. The van der Waals surface area contributed by atoms with Crippen LogP contribution in [0.15, 0.2) is 72.8 Å². The Morgan fingerprint density at radius 1 is 1.06 bits per heavy atom. The van der Waals surface area contributed by atoms with E-state index in [1.807, 2.05) is 36.4 Å². The molecule has 0 atom stereocenters. The number of nitrogens with one attached hydrogen (secondary N) is 1. The number of carboxylic acids is 1. The van der Waals surface area contributed by atoms with Crippen LogP contribution in [-0.2, 0) is 4.79 Å². The van der Waals surface area contributed by atoms with E-state index in [1.165, 1.54) is 11.3 Å². The molecule has 0 unspecified atom stereocenters. The summed E-state index contributed by atoms with van der Waals surface area (Å²) in [7, 11) is 1.57. The molecule has 0 radical (unpaired) electrons. The standard InChI is InChI=1S/C25H20N2O4S/c1-31-20-11-9-17(10-12-20)24(30)26-19-6-4-5-16(14-19)13-18(15-23(28)29)25-27-21-7-2-3-8-22(21)32-25/h2-14H,15H2,1H3,(H,26,30)(H,28,29). The zero-order chi connectivity index (χ0) is 22.5. The van der Waals surface area contributed by atoms with E-state index < -0.39 is 5.97 Å². The number of carbonyl (C=O) groups is 2. The predicted molar refractivity (Wildman–Crippen MR) is 127 cm³/mol. The minimum Gasteiger partial charge on any atom is -0.497 e. The van der Waals surface area contributed by atoms with E-state index >= 15 is 0 Å². The molecule has 2 N–H and O–H groups in total. The highest BCUT2D eigenvalue weighted by atomic mass is 32.1. The lowest BCUT2D eigenvalue weighted by Gasteiger charge is -2.08. The van der Waals surface area contributed by atoms with E-state index in [2.05, 4.69) is 10.3 Å². The molecule has 0 aliphatic heterocycles. The van der Waals surface area contributed by atoms with Crippen molar-refractivity contribution < 1.29 is 19.4 Å². The van der Waals surface area contributed by atoms with Crippen molar-refractivity contribution in [1.82, 2.24) is 4.98 Å². The maximum atomic E-state index is 12.6. The maximum Gasteiger partial charge on any atom is 0.307 e. The first-order chi connectivity index (χ1) is 15.5. The smallest absolute Gasteiger partial charge is 0.307 e. The lowest BCUT2D eigenvalue weighted by molar-refractivity contribution is -0.135. The van der Waals surface area contributed by atoms with Gasteiger partial charge in [-0.3, -0.25) is 9.59 Å². The molecule has 160 valence electrons. The van der Waals surface area contributed by atoms with Gasteiger partial charge in [-0.25, -0.2) is 4.98 Å². The van der Waals surface area contributed by atoms with E-state index in [0.717, 1.165) is 15.8 Å². The quantitative estimate of drug-likeness (QED) is 0.389. The predicted octanol–water partition coefficient (Wildman–Crippen LogP) is 5.57. The van der Waals surface area contributed by atoms with E-state index in [1.54, 1.807) is 49.6 Å². The number of anilines is 1. The first kappa shape index (κ1) is 21.3. The lowest BCUT2D eigenvalue weighted by atomic mass is 10.1. The molecule has 1 aromatic heterocycles. The number of hydrogen-bond donors (Lipinski definition) is 2. The van der Waals surface area contributed by atoms with Gasteiger partial charge >= 0.3 is 5.97 Å². The van der Waals surface area contributed by atoms with Gasteiger partial charge in [-0.2, -0.15) is 0 Å². The van der Waals surface area contributed by atoms with E-state index in [0.29, 0.717) is 27.6 Å². The number of hydrogen-bond acceptors (Lipinski definition) is 5. The number of methoxy groups -OCH3 is 1. The van der Waals surface area contributed by atoms with Gasteiger partial charge in [0.1, 0.15) is 10.8 Å². The van der Waals surface area contributed by atoms with Gasteiger partial charge in [0.25, 0.3) is 5.91 Å². The first-order valence-electron chi connectivity index (χ1n) is 9.85. The second-order valence-electron chi connectivity index (χ2n) is 7.03. The molecule has 0 saturated heterocycles. The zero-order valence-electron chi connectivity index (χ0n) is 17.2. The number of carbonyl (C=O) groups excluding carboxylic acids is 1. The van der Waals surface area contributed by atoms with Crippen molar-refractivity contribution in [3.8, 4) is 5.75 Å². The summed E-state index contributed by atoms with van der Waals surface area (Å²) in [6.07, 6.45) is 1.65. The van der Waals surface area contributed by atoms with Crippen LogP contribution in [0.3, 0.4) is 0 Å². The number of benzene rings is 3. The summed E-state index contributed by atoms with van der Waals surface area (Å²) in [6, 6.07) is 21.8. The molecule has 7 heteroatoms. The monoisotopic (exact) mass is 444 g/mol. The van der Waals surface area contributed by atoms with Crippen LogP contribution in [0.4, 0.5) is 5.69 Å². The highest BCUT2D eigenvalue weighted by Crippen LogP contribution is 2.30. The van der Waals surface area contributed by atoms with Crippen molar-refractivity contribution in [2.45, 2.75) is 6.42 Å². The molecule has 4 rings (SSSR count). The Morgan fingerprint density at radius 2 is 1.84 bits per heavy atom. The van der Waals surface area contributed by atoms with Crippen LogP contribution in [0.5, 0.6) is 5.75 Å². The third-order valence-corrected chi connectivity index (χ3v) is 5.86. The fourth-order valence-electron chi connectivity index (χ4n) is 3.21. The number of ether oxygens (including phenoxy) is 1. The minimum atomic E-state index is -0.931. The van der Waals surface area contributed by atoms with Crippen molar-refractivity contribution in [1.29, 1.82) is 0 Å². The summed E-state index contributed by atoms with van der Waals surface area (Å²) in [5, 5.41) is 12.9. The summed E-state index contributed by atoms with van der Waals surface area (Å²) in [5.41, 5.74) is 3.33. The Bertz CT molecular complexity index is 1280. The number of fused-ring (bicyclic) bond motifs is 1. The normalized spacial score (nSPS) is 11.3. The van der Waals surface area contributed by atoms with Crippen LogP contribution < -0.4 is 10.1 Å². The fourth-order valence-corrected chi connectivity index (χ4v) is 4.19. The number of carboxylic acid groups (broad SMARTS) is 1. The van der Waals surface area contributed by atoms with Gasteiger partial charge in [0, 0.05) is 11.3 Å². The van der Waals surface area contributed by atoms with Crippen molar-refractivity contribution in [2.24, 2.45) is 0 Å². The largest absolute Gasteiger partial charge is 0.497 e. The van der Waals surface area contributed by atoms with Crippen molar-refractivity contribution >= 4 is 50.8 Å². The summed E-state index contributed by atoms with van der Waals surface area (Å²) in [6.45, 7) is 0. The highest BCUT2D eigenvalue weighted by molar-refractivity contribution is 7.19. The molecule has 0 spiro atoms. The minimum absolute atomic E-state index is 0.151. The average molecular weight is 445 g/mol. The molecular formula is C25H20N2O4S. The molecule has 0 bridgehead atoms. The lowest BCUT2D eigenvalue weighted by Crippen LogP contribution is -2.11. The van der Waals surface area contributed by atoms with Crippen molar-refractivity contribution in [2.75, 3.05) is 12.4 Å². The molecule has 32 heavy (non-hydrogen) atoms. The maximum absolute atomic E-state index is 12.6. The van der Waals surface area contributed by atoms with Gasteiger partial charge in [0.05, 0.1) is 23.7 Å². The molecule has 6 nitrogen and oxygen atoms in total. The van der Waals surface area contributed by atoms with Crippen LogP contribution in [0, 0.1) is 0 Å². The number of amides is 1. The topological polar surface area (TPSA) is 88.5 Å². The van der Waals surface area contributed by atoms with Crippen LogP contribution >= 0.6 is 11.3 Å². The third kappa shape index (κ3) is 5.01. The molecule has 0 aliphatic rings. The Hall–Kier alpha value is -3.97. The van der Waals surface area contributed by atoms with Crippen LogP contribution in [0.1, 0.15) is 27.3 Å². The number of thiazole rings is 1. The number of aliphatic carboxylic acids is 1. The van der Waals surface area contributed by atoms with Gasteiger partial charge in [0.2, 0.25) is 0 Å². The number of nitrogens with zero attached hydrogens (tertiary/aromatic N) is 1. The summed E-state index contributed by atoms with van der Waals surface area (Å²) < 4.78 is 6.12. The molecule has 0 aliphatic carbocycles. The fraction of sp³-hybridized carbons (Fsp3) is 0.0800. The second kappa shape index (κ2) is 9.45. The molecule has 0 fully saturated rings. The molecule has 3 aromatic carbocycles. The van der Waals surface area contributed by atoms with Gasteiger partial charge in [-0.15, -0.1) is 11.3 Å². The Balaban J connectivity index is 1.60. The van der Waals surface area contributed by atoms with Crippen LogP contribution in [-0.4, -0.2) is 29.1 Å². The Kier molecular flexibility index (Phi) is 6.28. The van der Waals surface area contributed by atoms with E-state index in [-0.39, 0.29) is 12.3 Å². The van der Waals surface area contributed by atoms with Crippen molar-refractivity contribution in [3.63, 3.8) is 0 Å². The first-order valence-corrected chi connectivity index (χ1v) is 10.7.